The number of likely N-dealkylation sites (tertiary alicyclic amines) is 1. The maximum atomic E-state index is 12.3. The lowest BCUT2D eigenvalue weighted by Gasteiger charge is -2.32. The molecular weight excluding hydrogens is 340 g/mol. The molecule has 2 heterocycles. The van der Waals surface area contributed by atoms with Gasteiger partial charge in [-0.3, -0.25) is 9.59 Å². The van der Waals surface area contributed by atoms with Crippen molar-refractivity contribution in [1.82, 2.24) is 14.7 Å². The monoisotopic (exact) mass is 366 g/mol. The largest absolute Gasteiger partial charge is 0.342 e. The molecule has 0 bridgehead atoms. The molecule has 0 radical (unpaired) electrons. The van der Waals surface area contributed by atoms with Crippen LogP contribution in [0.5, 0.6) is 0 Å². The van der Waals surface area contributed by atoms with Gasteiger partial charge >= 0.3 is 0 Å². The minimum absolute atomic E-state index is 0.00181. The standard InChI is InChI=1S/C21H26N4O2/c26-20(9-6-16-4-2-1-3-5-16)23-19-10-13-22-25(19)18-11-14-24(15-12-18)21(27)17-7-8-17/h1-5,10,13,17-18H,6-9,11-12,14-15H2,(H,23,26). The number of aromatic nitrogens is 2. The van der Waals surface area contributed by atoms with Crippen LogP contribution in [0.25, 0.3) is 0 Å². The molecule has 1 aromatic heterocycles. The fourth-order valence-electron chi connectivity index (χ4n) is 3.73. The van der Waals surface area contributed by atoms with Crippen molar-refractivity contribution >= 4 is 17.6 Å². The molecule has 2 fully saturated rings. The molecule has 1 N–H and O–H groups in total. The number of piperidine rings is 1. The summed E-state index contributed by atoms with van der Waals surface area (Å²) in [5.41, 5.74) is 1.16. The van der Waals surface area contributed by atoms with E-state index < -0.39 is 0 Å². The number of nitrogens with one attached hydrogen (secondary N) is 1. The van der Waals surface area contributed by atoms with Gasteiger partial charge in [-0.25, -0.2) is 4.68 Å². The summed E-state index contributed by atoms with van der Waals surface area (Å²) in [5.74, 6) is 1.36. The molecule has 6 nitrogen and oxygen atoms in total. The molecule has 1 aromatic carbocycles. The second kappa shape index (κ2) is 7.94. The second-order valence-electron chi connectivity index (χ2n) is 7.53. The highest BCUT2D eigenvalue weighted by atomic mass is 16.2. The second-order valence-corrected chi connectivity index (χ2v) is 7.53. The summed E-state index contributed by atoms with van der Waals surface area (Å²) in [6.07, 6.45) is 6.77. The van der Waals surface area contributed by atoms with Gasteiger partial charge in [-0.1, -0.05) is 30.3 Å². The molecule has 0 unspecified atom stereocenters. The summed E-state index contributed by atoms with van der Waals surface area (Å²) in [6.45, 7) is 1.56. The number of nitrogens with zero attached hydrogens (tertiary/aromatic N) is 3. The zero-order chi connectivity index (χ0) is 18.6. The van der Waals surface area contributed by atoms with Gasteiger partial charge in [0.15, 0.2) is 0 Å². The fraction of sp³-hybridized carbons (Fsp3) is 0.476. The first kappa shape index (κ1) is 17.8. The lowest BCUT2D eigenvalue weighted by Crippen LogP contribution is -2.40. The molecule has 1 aliphatic carbocycles. The van der Waals surface area contributed by atoms with Gasteiger partial charge in [0.25, 0.3) is 0 Å². The number of carbonyl (C=O) groups excluding carboxylic acids is 2. The number of amides is 2. The zero-order valence-corrected chi connectivity index (χ0v) is 15.5. The molecule has 1 aliphatic heterocycles. The van der Waals surface area contributed by atoms with Crippen LogP contribution in [0.1, 0.15) is 43.7 Å². The Kier molecular flexibility index (Phi) is 5.23. The lowest BCUT2D eigenvalue weighted by molar-refractivity contribution is -0.133. The maximum absolute atomic E-state index is 12.3. The van der Waals surface area contributed by atoms with Crippen LogP contribution in [0, 0.1) is 5.92 Å². The predicted octanol–water partition coefficient (Wildman–Crippen LogP) is 3.03. The van der Waals surface area contributed by atoms with Gasteiger partial charge in [0, 0.05) is 31.5 Å². The number of benzene rings is 1. The Labute approximate surface area is 159 Å². The van der Waals surface area contributed by atoms with E-state index in [0.29, 0.717) is 12.3 Å². The number of hydrogen-bond donors (Lipinski definition) is 1. The summed E-state index contributed by atoms with van der Waals surface area (Å²) in [6, 6.07) is 12.1. The number of carbonyl (C=O) groups is 2. The van der Waals surface area contributed by atoms with Crippen molar-refractivity contribution in [3.05, 3.63) is 48.2 Å². The van der Waals surface area contributed by atoms with E-state index in [0.717, 1.165) is 56.6 Å². The van der Waals surface area contributed by atoms with Gasteiger partial charge in [0.05, 0.1) is 12.2 Å². The first-order chi connectivity index (χ1) is 13.2. The first-order valence-corrected chi connectivity index (χ1v) is 9.87. The summed E-state index contributed by atoms with van der Waals surface area (Å²) in [5, 5.41) is 7.43. The molecule has 0 spiro atoms. The van der Waals surface area contributed by atoms with Crippen molar-refractivity contribution in [1.29, 1.82) is 0 Å². The summed E-state index contributed by atoms with van der Waals surface area (Å²) < 4.78 is 1.92. The van der Waals surface area contributed by atoms with E-state index in [9.17, 15) is 9.59 Å². The van der Waals surface area contributed by atoms with Gasteiger partial charge in [0.2, 0.25) is 11.8 Å². The van der Waals surface area contributed by atoms with Gasteiger partial charge in [0.1, 0.15) is 5.82 Å². The van der Waals surface area contributed by atoms with Crippen molar-refractivity contribution in [3.8, 4) is 0 Å². The minimum atomic E-state index is 0.00181. The van der Waals surface area contributed by atoms with E-state index in [1.807, 2.05) is 46.0 Å². The van der Waals surface area contributed by atoms with Crippen LogP contribution in [0.2, 0.25) is 0 Å². The Bertz CT molecular complexity index is 790. The molecule has 4 rings (SSSR count). The highest BCUT2D eigenvalue weighted by molar-refractivity contribution is 5.90. The van der Waals surface area contributed by atoms with Gasteiger partial charge < -0.3 is 10.2 Å². The molecule has 27 heavy (non-hydrogen) atoms. The molecule has 6 heteroatoms. The fourth-order valence-corrected chi connectivity index (χ4v) is 3.73. The molecule has 0 atom stereocenters. The Morgan fingerprint density at radius 2 is 1.78 bits per heavy atom. The molecule has 2 aliphatic rings. The average Bonchev–Trinajstić information content (AvgIpc) is 3.46. The highest BCUT2D eigenvalue weighted by Crippen LogP contribution is 2.33. The number of rotatable bonds is 6. The van der Waals surface area contributed by atoms with Crippen molar-refractivity contribution in [2.75, 3.05) is 18.4 Å². The quantitative estimate of drug-likeness (QED) is 0.854. The molecular formula is C21H26N4O2. The summed E-state index contributed by atoms with van der Waals surface area (Å²) in [7, 11) is 0. The van der Waals surface area contributed by atoms with E-state index in [4.69, 9.17) is 0 Å². The van der Waals surface area contributed by atoms with E-state index in [1.54, 1.807) is 6.20 Å². The molecule has 2 aromatic rings. The number of anilines is 1. The van der Waals surface area contributed by atoms with Gasteiger partial charge in [-0.15, -0.1) is 0 Å². The van der Waals surface area contributed by atoms with Crippen LogP contribution >= 0.6 is 0 Å². The SMILES string of the molecule is O=C(CCc1ccccc1)Nc1ccnn1C1CCN(C(=O)C2CC2)CC1. The van der Waals surface area contributed by atoms with Crippen molar-refractivity contribution in [3.63, 3.8) is 0 Å². The molecule has 1 saturated carbocycles. The minimum Gasteiger partial charge on any atom is -0.342 e. The number of hydrogen-bond acceptors (Lipinski definition) is 3. The number of aryl methyl sites for hydroxylation is 1. The van der Waals surface area contributed by atoms with Crippen LogP contribution < -0.4 is 5.32 Å². The van der Waals surface area contributed by atoms with Crippen molar-refractivity contribution in [2.45, 2.75) is 44.6 Å². The molecule has 142 valence electrons. The van der Waals surface area contributed by atoms with Crippen LogP contribution in [-0.4, -0.2) is 39.6 Å². The van der Waals surface area contributed by atoms with Crippen LogP contribution in [-0.2, 0) is 16.0 Å². The lowest BCUT2D eigenvalue weighted by atomic mass is 10.0. The Morgan fingerprint density at radius 1 is 1.04 bits per heavy atom. The first-order valence-electron chi connectivity index (χ1n) is 9.87. The summed E-state index contributed by atoms with van der Waals surface area (Å²) in [4.78, 5) is 26.5. The van der Waals surface area contributed by atoms with Crippen LogP contribution in [0.15, 0.2) is 42.6 Å². The van der Waals surface area contributed by atoms with E-state index in [-0.39, 0.29) is 17.9 Å². The maximum Gasteiger partial charge on any atom is 0.225 e. The Morgan fingerprint density at radius 3 is 2.48 bits per heavy atom. The van der Waals surface area contributed by atoms with E-state index in [2.05, 4.69) is 10.4 Å². The van der Waals surface area contributed by atoms with E-state index >= 15 is 0 Å². The van der Waals surface area contributed by atoms with Gasteiger partial charge in [-0.05, 0) is 37.7 Å². The van der Waals surface area contributed by atoms with Crippen LogP contribution in [0.4, 0.5) is 5.82 Å². The molecule has 2 amide bonds. The predicted molar refractivity (Wildman–Crippen MR) is 103 cm³/mol. The van der Waals surface area contributed by atoms with Gasteiger partial charge in [-0.2, -0.15) is 5.10 Å². The third-order valence-electron chi connectivity index (χ3n) is 5.47. The van der Waals surface area contributed by atoms with Crippen molar-refractivity contribution in [2.24, 2.45) is 5.92 Å². The normalized spacial score (nSPS) is 17.7. The summed E-state index contributed by atoms with van der Waals surface area (Å²) >= 11 is 0. The zero-order valence-electron chi connectivity index (χ0n) is 15.5. The Balaban J connectivity index is 1.30. The topological polar surface area (TPSA) is 67.2 Å². The molecule has 1 saturated heterocycles. The Hall–Kier alpha value is -2.63. The third-order valence-corrected chi connectivity index (χ3v) is 5.47. The van der Waals surface area contributed by atoms with Crippen molar-refractivity contribution < 1.29 is 9.59 Å². The highest BCUT2D eigenvalue weighted by Gasteiger charge is 2.35. The average molecular weight is 366 g/mol. The van der Waals surface area contributed by atoms with Crippen LogP contribution in [0.3, 0.4) is 0 Å². The smallest absolute Gasteiger partial charge is 0.225 e. The third kappa shape index (κ3) is 4.38. The van der Waals surface area contributed by atoms with E-state index in [1.165, 1.54) is 0 Å².